The summed E-state index contributed by atoms with van der Waals surface area (Å²) < 4.78 is 38.1. The van der Waals surface area contributed by atoms with Gasteiger partial charge in [0.1, 0.15) is 11.5 Å². The molecule has 1 aliphatic rings. The second kappa shape index (κ2) is 3.26. The van der Waals surface area contributed by atoms with Crippen molar-refractivity contribution in [2.24, 2.45) is 5.73 Å². The molecule has 2 heterocycles. The van der Waals surface area contributed by atoms with E-state index in [2.05, 4.69) is 10.4 Å². The largest absolute Gasteiger partial charge is 0.435 e. The topological polar surface area (TPSA) is 72.9 Å². The third kappa shape index (κ3) is 1.73. The molecule has 0 aromatic carbocycles. The van der Waals surface area contributed by atoms with Gasteiger partial charge in [0.2, 0.25) is 0 Å². The van der Waals surface area contributed by atoms with Crippen molar-refractivity contribution in [2.45, 2.75) is 12.7 Å². The van der Waals surface area contributed by atoms with Crippen LogP contribution in [-0.4, -0.2) is 15.7 Å². The highest BCUT2D eigenvalue weighted by Crippen LogP contribution is 2.31. The van der Waals surface area contributed by atoms with Gasteiger partial charge in [0, 0.05) is 6.07 Å². The SMILES string of the molecule is NC(=O)C1=CCn2nc(C(F)(F)F)cc2N1. The van der Waals surface area contributed by atoms with E-state index in [0.717, 1.165) is 10.7 Å². The minimum absolute atomic E-state index is 0.0705. The van der Waals surface area contributed by atoms with E-state index in [1.807, 2.05) is 0 Å². The highest BCUT2D eigenvalue weighted by molar-refractivity contribution is 5.95. The molecule has 5 nitrogen and oxygen atoms in total. The number of amides is 1. The first-order chi connectivity index (χ1) is 7.38. The van der Waals surface area contributed by atoms with Crippen LogP contribution in [0.5, 0.6) is 0 Å². The summed E-state index contributed by atoms with van der Waals surface area (Å²) in [6, 6.07) is 0.829. The summed E-state index contributed by atoms with van der Waals surface area (Å²) in [4.78, 5) is 10.8. The summed E-state index contributed by atoms with van der Waals surface area (Å²) in [6.07, 6.45) is -3.12. The molecule has 0 radical (unpaired) electrons. The van der Waals surface area contributed by atoms with Crippen molar-refractivity contribution in [2.75, 3.05) is 5.32 Å². The van der Waals surface area contributed by atoms with E-state index < -0.39 is 17.8 Å². The number of anilines is 1. The molecule has 1 aromatic heterocycles. The fourth-order valence-corrected chi connectivity index (χ4v) is 1.32. The van der Waals surface area contributed by atoms with Crippen LogP contribution < -0.4 is 11.1 Å². The van der Waals surface area contributed by atoms with Crippen molar-refractivity contribution in [1.82, 2.24) is 9.78 Å². The predicted molar refractivity (Wildman–Crippen MR) is 48.1 cm³/mol. The molecule has 1 aromatic rings. The standard InChI is InChI=1S/C8H7F3N4O/c9-8(10,11)5-3-6-13-4(7(12)16)1-2-15(6)14-5/h1,3,13H,2H2,(H2,12,16). The normalized spacial score (nSPS) is 15.1. The molecule has 0 saturated carbocycles. The maximum absolute atomic E-state index is 12.3. The third-order valence-corrected chi connectivity index (χ3v) is 2.07. The number of rotatable bonds is 1. The molecule has 0 aliphatic carbocycles. The highest BCUT2D eigenvalue weighted by Gasteiger charge is 2.35. The molecule has 86 valence electrons. The lowest BCUT2D eigenvalue weighted by molar-refractivity contribution is -0.141. The lowest BCUT2D eigenvalue weighted by Gasteiger charge is -2.14. The van der Waals surface area contributed by atoms with E-state index >= 15 is 0 Å². The van der Waals surface area contributed by atoms with Gasteiger partial charge in [-0.25, -0.2) is 4.68 Å². The molecule has 8 heteroatoms. The van der Waals surface area contributed by atoms with Crippen molar-refractivity contribution in [3.8, 4) is 0 Å². The van der Waals surface area contributed by atoms with Crippen LogP contribution in [0, 0.1) is 0 Å². The first kappa shape index (κ1) is 10.5. The summed E-state index contributed by atoms with van der Waals surface area (Å²) >= 11 is 0. The highest BCUT2D eigenvalue weighted by atomic mass is 19.4. The smallest absolute Gasteiger partial charge is 0.364 e. The zero-order chi connectivity index (χ0) is 11.9. The molecule has 0 bridgehead atoms. The molecule has 0 spiro atoms. The number of hydrogen-bond donors (Lipinski definition) is 2. The second-order valence-corrected chi connectivity index (χ2v) is 3.20. The minimum atomic E-state index is -4.50. The number of hydrogen-bond acceptors (Lipinski definition) is 3. The molecule has 0 atom stereocenters. The molecular formula is C8H7F3N4O. The van der Waals surface area contributed by atoms with E-state index in [0.29, 0.717) is 0 Å². The summed E-state index contributed by atoms with van der Waals surface area (Å²) in [7, 11) is 0. The molecule has 1 amide bonds. The Balaban J connectivity index is 2.31. The van der Waals surface area contributed by atoms with Crippen LogP contribution in [0.3, 0.4) is 0 Å². The van der Waals surface area contributed by atoms with E-state index in [4.69, 9.17) is 5.73 Å². The van der Waals surface area contributed by atoms with Gasteiger partial charge in [-0.2, -0.15) is 18.3 Å². The second-order valence-electron chi connectivity index (χ2n) is 3.20. The zero-order valence-corrected chi connectivity index (χ0v) is 7.88. The Bertz CT molecular complexity index is 474. The molecule has 0 saturated heterocycles. The number of nitrogens with one attached hydrogen (secondary N) is 1. The molecule has 0 fully saturated rings. The zero-order valence-electron chi connectivity index (χ0n) is 7.88. The number of carbonyl (C=O) groups is 1. The monoisotopic (exact) mass is 232 g/mol. The van der Waals surface area contributed by atoms with Crippen LogP contribution in [0.25, 0.3) is 0 Å². The van der Waals surface area contributed by atoms with Crippen LogP contribution in [0.15, 0.2) is 17.8 Å². The molecule has 2 rings (SSSR count). The van der Waals surface area contributed by atoms with Gasteiger partial charge in [0.25, 0.3) is 5.91 Å². The fraction of sp³-hybridized carbons (Fsp3) is 0.250. The third-order valence-electron chi connectivity index (χ3n) is 2.07. The Morgan fingerprint density at radius 2 is 2.25 bits per heavy atom. The van der Waals surface area contributed by atoms with Crippen molar-refractivity contribution < 1.29 is 18.0 Å². The number of nitrogens with zero attached hydrogens (tertiary/aromatic N) is 2. The molecule has 0 unspecified atom stereocenters. The van der Waals surface area contributed by atoms with Crippen LogP contribution >= 0.6 is 0 Å². The van der Waals surface area contributed by atoms with Crippen molar-refractivity contribution in [3.05, 3.63) is 23.5 Å². The van der Waals surface area contributed by atoms with Gasteiger partial charge in [-0.05, 0) is 6.08 Å². The van der Waals surface area contributed by atoms with Gasteiger partial charge in [-0.15, -0.1) is 0 Å². The van der Waals surface area contributed by atoms with Gasteiger partial charge in [-0.1, -0.05) is 0 Å². The number of fused-ring (bicyclic) bond motifs is 1. The van der Waals surface area contributed by atoms with Gasteiger partial charge >= 0.3 is 6.18 Å². The van der Waals surface area contributed by atoms with Crippen molar-refractivity contribution >= 4 is 11.7 Å². The number of carbonyl (C=O) groups excluding carboxylic acids is 1. The lowest BCUT2D eigenvalue weighted by atomic mass is 10.3. The quantitative estimate of drug-likeness (QED) is 0.748. The molecule has 3 N–H and O–H groups in total. The lowest BCUT2D eigenvalue weighted by Crippen LogP contribution is -2.24. The number of halogens is 3. The summed E-state index contributed by atoms with van der Waals surface area (Å²) in [5.41, 5.74) is 4.06. The van der Waals surface area contributed by atoms with Gasteiger partial charge in [0.05, 0.1) is 6.54 Å². The van der Waals surface area contributed by atoms with Crippen LogP contribution in [0.2, 0.25) is 0 Å². The van der Waals surface area contributed by atoms with Crippen molar-refractivity contribution in [1.29, 1.82) is 0 Å². The number of aromatic nitrogens is 2. The van der Waals surface area contributed by atoms with Crippen molar-refractivity contribution in [3.63, 3.8) is 0 Å². The van der Waals surface area contributed by atoms with Crippen LogP contribution in [0.1, 0.15) is 5.69 Å². The average Bonchev–Trinajstić information content (AvgIpc) is 2.58. The number of alkyl halides is 3. The number of primary amides is 1. The average molecular weight is 232 g/mol. The Hall–Kier alpha value is -1.99. The fourth-order valence-electron chi connectivity index (χ4n) is 1.32. The van der Waals surface area contributed by atoms with E-state index in [1.54, 1.807) is 0 Å². The number of nitrogens with two attached hydrogens (primary N) is 1. The Morgan fingerprint density at radius 1 is 1.56 bits per heavy atom. The minimum Gasteiger partial charge on any atom is -0.364 e. The maximum Gasteiger partial charge on any atom is 0.435 e. The first-order valence-electron chi connectivity index (χ1n) is 4.30. The van der Waals surface area contributed by atoms with E-state index in [-0.39, 0.29) is 18.1 Å². The van der Waals surface area contributed by atoms with E-state index in [9.17, 15) is 18.0 Å². The summed E-state index contributed by atoms with van der Waals surface area (Å²) in [5, 5.41) is 5.82. The van der Waals surface area contributed by atoms with Gasteiger partial charge in [0.15, 0.2) is 5.69 Å². The van der Waals surface area contributed by atoms with Gasteiger partial charge in [-0.3, -0.25) is 4.79 Å². The van der Waals surface area contributed by atoms with Gasteiger partial charge < -0.3 is 11.1 Å². The maximum atomic E-state index is 12.3. The summed E-state index contributed by atoms with van der Waals surface area (Å²) in [6.45, 7) is 0.0800. The molecule has 1 aliphatic heterocycles. The van der Waals surface area contributed by atoms with Crippen LogP contribution in [-0.2, 0) is 17.5 Å². The Labute approximate surface area is 87.7 Å². The molecule has 16 heavy (non-hydrogen) atoms. The number of allylic oxidation sites excluding steroid dienone is 1. The Kier molecular flexibility index (Phi) is 2.14. The Morgan fingerprint density at radius 3 is 2.81 bits per heavy atom. The molecular weight excluding hydrogens is 225 g/mol. The predicted octanol–water partition coefficient (Wildman–Crippen LogP) is 0.697. The van der Waals surface area contributed by atoms with Crippen LogP contribution in [0.4, 0.5) is 19.0 Å². The first-order valence-corrected chi connectivity index (χ1v) is 4.30. The van der Waals surface area contributed by atoms with E-state index in [1.165, 1.54) is 6.08 Å². The summed E-state index contributed by atoms with van der Waals surface area (Å²) in [5.74, 6) is -0.621.